The molecule has 0 N–H and O–H groups in total. The highest BCUT2D eigenvalue weighted by Gasteiger charge is 2.18. The number of benzene rings is 1. The Balaban J connectivity index is 3.52. The SMILES string of the molecule is CC(=O)c1ccc([N+](=O)[O-])c(C)c1C=O. The Kier molecular flexibility index (Phi) is 2.94. The smallest absolute Gasteiger partial charge is 0.273 e. The van der Waals surface area contributed by atoms with Crippen molar-refractivity contribution in [3.05, 3.63) is 38.9 Å². The minimum absolute atomic E-state index is 0.0942. The van der Waals surface area contributed by atoms with Gasteiger partial charge in [0, 0.05) is 22.8 Å². The fraction of sp³-hybridized carbons (Fsp3) is 0.200. The number of nitro groups is 1. The van der Waals surface area contributed by atoms with Gasteiger partial charge in [0.2, 0.25) is 0 Å². The van der Waals surface area contributed by atoms with Crippen LogP contribution >= 0.6 is 0 Å². The summed E-state index contributed by atoms with van der Waals surface area (Å²) in [5, 5.41) is 10.6. The Morgan fingerprint density at radius 3 is 2.47 bits per heavy atom. The van der Waals surface area contributed by atoms with Crippen LogP contribution in [0.5, 0.6) is 0 Å². The first-order valence-corrected chi connectivity index (χ1v) is 4.23. The van der Waals surface area contributed by atoms with E-state index in [1.54, 1.807) is 0 Å². The molecular formula is C10H9NO4. The lowest BCUT2D eigenvalue weighted by atomic mass is 9.99. The molecule has 1 rings (SSSR count). The van der Waals surface area contributed by atoms with Crippen molar-refractivity contribution in [2.75, 3.05) is 0 Å². The molecule has 5 nitrogen and oxygen atoms in total. The topological polar surface area (TPSA) is 77.3 Å². The minimum atomic E-state index is -0.577. The van der Waals surface area contributed by atoms with Crippen LogP contribution in [0.1, 0.15) is 33.2 Å². The highest BCUT2D eigenvalue weighted by Crippen LogP contribution is 2.23. The van der Waals surface area contributed by atoms with E-state index in [1.165, 1.54) is 26.0 Å². The zero-order valence-corrected chi connectivity index (χ0v) is 8.31. The third-order valence-corrected chi connectivity index (χ3v) is 2.18. The molecule has 0 spiro atoms. The molecule has 1 aromatic carbocycles. The van der Waals surface area contributed by atoms with Crippen molar-refractivity contribution >= 4 is 17.8 Å². The van der Waals surface area contributed by atoms with Gasteiger partial charge in [-0.1, -0.05) is 0 Å². The lowest BCUT2D eigenvalue weighted by Crippen LogP contribution is -2.04. The molecule has 0 aromatic heterocycles. The molecule has 0 saturated heterocycles. The summed E-state index contributed by atoms with van der Waals surface area (Å²) in [6.45, 7) is 2.77. The van der Waals surface area contributed by atoms with Crippen molar-refractivity contribution in [3.8, 4) is 0 Å². The molecular weight excluding hydrogens is 198 g/mol. The van der Waals surface area contributed by atoms with Gasteiger partial charge >= 0.3 is 0 Å². The van der Waals surface area contributed by atoms with Crippen molar-refractivity contribution in [2.45, 2.75) is 13.8 Å². The van der Waals surface area contributed by atoms with Crippen molar-refractivity contribution < 1.29 is 14.5 Å². The summed E-state index contributed by atoms with van der Waals surface area (Å²) in [6, 6.07) is 2.54. The van der Waals surface area contributed by atoms with Gasteiger partial charge in [-0.15, -0.1) is 0 Å². The molecule has 5 heteroatoms. The quantitative estimate of drug-likeness (QED) is 0.328. The first-order valence-electron chi connectivity index (χ1n) is 4.23. The number of nitro benzene ring substituents is 1. The number of Topliss-reactive ketones (excluding diaryl/α,β-unsaturated/α-hetero) is 1. The molecule has 0 atom stereocenters. The standard InChI is InChI=1S/C10H9NO4/c1-6-9(5-12)8(7(2)13)3-4-10(6)11(14)15/h3-5H,1-2H3. The second kappa shape index (κ2) is 4.00. The number of carbonyl (C=O) groups excluding carboxylic acids is 2. The fourth-order valence-electron chi connectivity index (χ4n) is 1.37. The first kappa shape index (κ1) is 11.0. The minimum Gasteiger partial charge on any atom is -0.298 e. The largest absolute Gasteiger partial charge is 0.298 e. The van der Waals surface area contributed by atoms with E-state index in [2.05, 4.69) is 0 Å². The van der Waals surface area contributed by atoms with E-state index >= 15 is 0 Å². The maximum atomic E-state index is 11.1. The zero-order chi connectivity index (χ0) is 11.6. The Labute approximate surface area is 85.9 Å². The van der Waals surface area contributed by atoms with Crippen LogP contribution in [0, 0.1) is 17.0 Å². The van der Waals surface area contributed by atoms with Crippen molar-refractivity contribution in [1.29, 1.82) is 0 Å². The van der Waals surface area contributed by atoms with Crippen LogP contribution in [0.3, 0.4) is 0 Å². The number of nitrogens with zero attached hydrogens (tertiary/aromatic N) is 1. The Morgan fingerprint density at radius 2 is 2.07 bits per heavy atom. The van der Waals surface area contributed by atoms with Gasteiger partial charge in [0.05, 0.1) is 4.92 Å². The number of ketones is 1. The first-order chi connectivity index (χ1) is 6.99. The summed E-state index contributed by atoms with van der Waals surface area (Å²) >= 11 is 0. The Morgan fingerprint density at radius 1 is 1.47 bits per heavy atom. The third kappa shape index (κ3) is 1.90. The van der Waals surface area contributed by atoms with Gasteiger partial charge in [0.15, 0.2) is 12.1 Å². The van der Waals surface area contributed by atoms with E-state index in [0.29, 0.717) is 6.29 Å². The second-order valence-corrected chi connectivity index (χ2v) is 3.10. The van der Waals surface area contributed by atoms with E-state index in [9.17, 15) is 19.7 Å². The van der Waals surface area contributed by atoms with Gasteiger partial charge in [-0.25, -0.2) is 0 Å². The highest BCUT2D eigenvalue weighted by atomic mass is 16.6. The number of rotatable bonds is 3. The Bertz CT molecular complexity index is 451. The predicted molar refractivity (Wildman–Crippen MR) is 53.2 cm³/mol. The van der Waals surface area contributed by atoms with Crippen LogP contribution in [-0.4, -0.2) is 17.0 Å². The highest BCUT2D eigenvalue weighted by molar-refractivity contribution is 6.02. The lowest BCUT2D eigenvalue weighted by Gasteiger charge is -2.04. The summed E-state index contributed by atoms with van der Waals surface area (Å²) in [6.07, 6.45) is 0.471. The van der Waals surface area contributed by atoms with Gasteiger partial charge < -0.3 is 0 Å². The molecule has 0 aliphatic rings. The van der Waals surface area contributed by atoms with E-state index in [0.717, 1.165) is 0 Å². The number of aldehydes is 1. The average Bonchev–Trinajstić information content (AvgIpc) is 2.16. The number of hydrogen-bond acceptors (Lipinski definition) is 4. The second-order valence-electron chi connectivity index (χ2n) is 3.10. The molecule has 0 amide bonds. The van der Waals surface area contributed by atoms with Crippen LogP contribution in [0.25, 0.3) is 0 Å². The van der Waals surface area contributed by atoms with Gasteiger partial charge in [0.1, 0.15) is 0 Å². The fourth-order valence-corrected chi connectivity index (χ4v) is 1.37. The molecule has 0 fully saturated rings. The molecule has 1 aromatic rings. The molecule has 0 aliphatic carbocycles. The predicted octanol–water partition coefficient (Wildman–Crippen LogP) is 1.92. The molecule has 0 heterocycles. The monoisotopic (exact) mass is 207 g/mol. The third-order valence-electron chi connectivity index (χ3n) is 2.18. The molecule has 78 valence electrons. The average molecular weight is 207 g/mol. The summed E-state index contributed by atoms with van der Waals surface area (Å²) in [7, 11) is 0. The molecule has 0 radical (unpaired) electrons. The molecule has 0 unspecified atom stereocenters. The van der Waals surface area contributed by atoms with Crippen LogP contribution < -0.4 is 0 Å². The van der Waals surface area contributed by atoms with Crippen molar-refractivity contribution in [1.82, 2.24) is 0 Å². The molecule has 0 saturated carbocycles. The van der Waals surface area contributed by atoms with Gasteiger partial charge in [-0.05, 0) is 19.9 Å². The molecule has 0 aliphatic heterocycles. The van der Waals surface area contributed by atoms with Gasteiger partial charge in [-0.3, -0.25) is 19.7 Å². The maximum Gasteiger partial charge on any atom is 0.273 e. The van der Waals surface area contributed by atoms with Crippen LogP contribution in [-0.2, 0) is 0 Å². The summed E-state index contributed by atoms with van der Waals surface area (Å²) < 4.78 is 0. The van der Waals surface area contributed by atoms with Crippen LogP contribution in [0.15, 0.2) is 12.1 Å². The Hall–Kier alpha value is -2.04. The van der Waals surface area contributed by atoms with E-state index in [-0.39, 0.29) is 28.2 Å². The number of carbonyl (C=O) groups is 2. The molecule has 0 bridgehead atoms. The number of hydrogen-bond donors (Lipinski definition) is 0. The molecule has 15 heavy (non-hydrogen) atoms. The summed E-state index contributed by atoms with van der Waals surface area (Å²) in [5.41, 5.74) is 0.384. The lowest BCUT2D eigenvalue weighted by molar-refractivity contribution is -0.385. The normalized spacial score (nSPS) is 9.73. The van der Waals surface area contributed by atoms with E-state index in [4.69, 9.17) is 0 Å². The van der Waals surface area contributed by atoms with Gasteiger partial charge in [-0.2, -0.15) is 0 Å². The van der Waals surface area contributed by atoms with Crippen LogP contribution in [0.4, 0.5) is 5.69 Å². The van der Waals surface area contributed by atoms with Crippen molar-refractivity contribution in [3.63, 3.8) is 0 Å². The van der Waals surface area contributed by atoms with E-state index < -0.39 is 4.92 Å². The van der Waals surface area contributed by atoms with Crippen LogP contribution in [0.2, 0.25) is 0 Å². The van der Waals surface area contributed by atoms with Crippen molar-refractivity contribution in [2.24, 2.45) is 0 Å². The maximum absolute atomic E-state index is 11.1. The van der Waals surface area contributed by atoms with E-state index in [1.807, 2.05) is 0 Å². The van der Waals surface area contributed by atoms with Gasteiger partial charge in [0.25, 0.3) is 5.69 Å². The zero-order valence-electron chi connectivity index (χ0n) is 8.31. The summed E-state index contributed by atoms with van der Waals surface area (Å²) in [5.74, 6) is -0.282. The summed E-state index contributed by atoms with van der Waals surface area (Å²) in [4.78, 5) is 31.9.